The number of nitrogens with zero attached hydrogens (tertiary/aromatic N) is 5. The summed E-state index contributed by atoms with van der Waals surface area (Å²) in [6.07, 6.45) is 1.45. The predicted molar refractivity (Wildman–Crippen MR) is 157 cm³/mol. The fourth-order valence-corrected chi connectivity index (χ4v) is 5.78. The van der Waals surface area contributed by atoms with E-state index < -0.39 is 38.8 Å². The van der Waals surface area contributed by atoms with E-state index in [9.17, 15) is 12.8 Å². The molecule has 0 saturated carbocycles. The number of aromatic nitrogens is 5. The van der Waals surface area contributed by atoms with Gasteiger partial charge in [0.15, 0.2) is 11.5 Å². The van der Waals surface area contributed by atoms with Crippen LogP contribution in [0.2, 0.25) is 5.02 Å². The Morgan fingerprint density at radius 2 is 1.75 bits per heavy atom. The first-order chi connectivity index (χ1) is 21.2. The summed E-state index contributed by atoms with van der Waals surface area (Å²) in [7, 11) is -1.20. The van der Waals surface area contributed by atoms with Gasteiger partial charge in [-0.1, -0.05) is 29.8 Å². The molecule has 1 N–H and O–H groups in total. The molecule has 3 aromatic carbocycles. The smallest absolute Gasteiger partial charge is 0.262 e. The number of hydrogen-bond acceptors (Lipinski definition) is 9. The van der Waals surface area contributed by atoms with Crippen LogP contribution < -0.4 is 14.2 Å². The van der Waals surface area contributed by atoms with Gasteiger partial charge in [-0.3, -0.25) is 4.72 Å². The molecule has 0 spiro atoms. The zero-order valence-electron chi connectivity index (χ0n) is 23.0. The second-order valence-corrected chi connectivity index (χ2v) is 11.5. The highest BCUT2D eigenvalue weighted by atomic mass is 35.5. The zero-order chi connectivity index (χ0) is 31.0. The maximum Gasteiger partial charge on any atom is 0.262 e. The van der Waals surface area contributed by atoms with E-state index in [0.717, 1.165) is 23.4 Å². The monoisotopic (exact) mass is 638 g/mol. The lowest BCUT2D eigenvalue weighted by atomic mass is 10.1. The van der Waals surface area contributed by atoms with Crippen LogP contribution >= 0.6 is 11.6 Å². The standard InChI is InChI=1S/C29H21ClF2N6O5S/c1-41-19-8-6-16(7-9-19)15-38-26-21(28(36-38)42-2)12-17(14-33-26)27-34-35-29(43-27)24-22(31)10-11-23(25(24)32)37-44(39,40)20-5-3-4-18(30)13-20/h3-14,37H,15H2,1-2H3. The number of rotatable bonds is 9. The lowest BCUT2D eigenvalue weighted by Gasteiger charge is -2.11. The predicted octanol–water partition coefficient (Wildman–Crippen LogP) is 5.95. The number of hydrogen-bond donors (Lipinski definition) is 1. The SMILES string of the molecule is COc1ccc(Cn2nc(OC)c3cc(-c4nnc(-c5c(F)ccc(NS(=O)(=O)c6cccc(Cl)c6)c5F)o4)cnc32)cc1. The summed E-state index contributed by atoms with van der Waals surface area (Å²) in [4.78, 5) is 4.29. The molecule has 11 nitrogen and oxygen atoms in total. The fraction of sp³-hybridized carbons (Fsp3) is 0.103. The first-order valence-electron chi connectivity index (χ1n) is 12.8. The van der Waals surface area contributed by atoms with E-state index in [2.05, 4.69) is 25.0 Å². The Morgan fingerprint density at radius 1 is 0.977 bits per heavy atom. The molecule has 0 unspecified atom stereocenters. The van der Waals surface area contributed by atoms with Crippen molar-refractivity contribution in [3.05, 3.63) is 95.1 Å². The highest BCUT2D eigenvalue weighted by molar-refractivity contribution is 7.92. The number of pyridine rings is 1. The van der Waals surface area contributed by atoms with Gasteiger partial charge in [-0.15, -0.1) is 15.3 Å². The van der Waals surface area contributed by atoms with E-state index in [1.807, 2.05) is 24.3 Å². The summed E-state index contributed by atoms with van der Waals surface area (Å²) in [5.74, 6) is -1.88. The number of ether oxygens (including phenoxy) is 2. The lowest BCUT2D eigenvalue weighted by molar-refractivity contribution is 0.394. The highest BCUT2D eigenvalue weighted by Gasteiger charge is 2.25. The van der Waals surface area contributed by atoms with Crippen LogP contribution in [0.25, 0.3) is 33.9 Å². The molecule has 0 atom stereocenters. The number of benzene rings is 3. The maximum atomic E-state index is 15.5. The van der Waals surface area contributed by atoms with Crippen LogP contribution in [0, 0.1) is 11.6 Å². The van der Waals surface area contributed by atoms with Gasteiger partial charge in [0.2, 0.25) is 11.8 Å². The second-order valence-electron chi connectivity index (χ2n) is 9.37. The number of halogens is 3. The molecule has 0 bridgehead atoms. The van der Waals surface area contributed by atoms with E-state index in [-0.39, 0.29) is 15.8 Å². The molecule has 224 valence electrons. The van der Waals surface area contributed by atoms with Crippen LogP contribution in [0.5, 0.6) is 11.6 Å². The number of methoxy groups -OCH3 is 2. The van der Waals surface area contributed by atoms with Crippen LogP contribution in [-0.2, 0) is 16.6 Å². The zero-order valence-corrected chi connectivity index (χ0v) is 24.5. The minimum Gasteiger partial charge on any atom is -0.497 e. The van der Waals surface area contributed by atoms with Crippen molar-refractivity contribution >= 4 is 38.3 Å². The van der Waals surface area contributed by atoms with Crippen molar-refractivity contribution in [2.45, 2.75) is 11.4 Å². The normalized spacial score (nSPS) is 11.6. The summed E-state index contributed by atoms with van der Waals surface area (Å²) < 4.78 is 76.1. The van der Waals surface area contributed by atoms with Gasteiger partial charge in [0.1, 0.15) is 17.1 Å². The van der Waals surface area contributed by atoms with Crippen molar-refractivity contribution in [3.63, 3.8) is 0 Å². The van der Waals surface area contributed by atoms with Gasteiger partial charge in [0.05, 0.1) is 42.3 Å². The Kier molecular flexibility index (Phi) is 7.61. The fourth-order valence-electron chi connectivity index (χ4n) is 4.42. The Balaban J connectivity index is 1.31. The summed E-state index contributed by atoms with van der Waals surface area (Å²) in [6.45, 7) is 0.400. The minimum atomic E-state index is -4.25. The van der Waals surface area contributed by atoms with Crippen molar-refractivity contribution in [2.24, 2.45) is 0 Å². The van der Waals surface area contributed by atoms with Crippen LogP contribution in [0.1, 0.15) is 5.56 Å². The molecule has 6 aromatic rings. The molecule has 0 aliphatic carbocycles. The van der Waals surface area contributed by atoms with E-state index >= 15 is 4.39 Å². The van der Waals surface area contributed by atoms with Gasteiger partial charge >= 0.3 is 0 Å². The van der Waals surface area contributed by atoms with Crippen molar-refractivity contribution in [3.8, 4) is 34.5 Å². The van der Waals surface area contributed by atoms with Gasteiger partial charge in [0.25, 0.3) is 15.9 Å². The minimum absolute atomic E-state index is 0.0944. The third-order valence-electron chi connectivity index (χ3n) is 6.57. The van der Waals surface area contributed by atoms with E-state index in [1.165, 1.54) is 37.6 Å². The molecule has 0 fully saturated rings. The number of nitrogens with one attached hydrogen (secondary N) is 1. The first-order valence-corrected chi connectivity index (χ1v) is 14.7. The Labute approximate surface area is 254 Å². The molecule has 0 saturated heterocycles. The highest BCUT2D eigenvalue weighted by Crippen LogP contribution is 2.34. The molecule has 3 aromatic heterocycles. The van der Waals surface area contributed by atoms with Crippen molar-refractivity contribution in [1.29, 1.82) is 0 Å². The average Bonchev–Trinajstić information content (AvgIpc) is 3.64. The Hall–Kier alpha value is -5.08. The molecule has 0 amide bonds. The molecular weight excluding hydrogens is 618 g/mol. The summed E-state index contributed by atoms with van der Waals surface area (Å²) in [5, 5.41) is 12.9. The topological polar surface area (TPSA) is 134 Å². The largest absolute Gasteiger partial charge is 0.497 e. The Bertz CT molecular complexity index is 2120. The second kappa shape index (κ2) is 11.5. The van der Waals surface area contributed by atoms with Gasteiger partial charge in [0, 0.05) is 11.2 Å². The van der Waals surface area contributed by atoms with E-state index in [4.69, 9.17) is 25.5 Å². The number of fused-ring (bicyclic) bond motifs is 1. The van der Waals surface area contributed by atoms with Crippen molar-refractivity contribution < 1.29 is 31.1 Å². The molecule has 0 aliphatic heterocycles. The maximum absolute atomic E-state index is 15.5. The van der Waals surface area contributed by atoms with Gasteiger partial charge in [-0.25, -0.2) is 26.9 Å². The molecular formula is C29H21ClF2N6O5S. The van der Waals surface area contributed by atoms with E-state index in [1.54, 1.807) is 17.9 Å². The molecule has 0 aliphatic rings. The summed E-state index contributed by atoms with van der Waals surface area (Å²) in [6, 6.07) is 16.4. The van der Waals surface area contributed by atoms with Gasteiger partial charge in [-0.05, 0) is 54.1 Å². The number of sulfonamides is 1. The van der Waals surface area contributed by atoms with Gasteiger partial charge in [-0.2, -0.15) is 0 Å². The quantitative estimate of drug-likeness (QED) is 0.204. The third kappa shape index (κ3) is 5.52. The van der Waals surface area contributed by atoms with E-state index in [0.29, 0.717) is 29.0 Å². The first kappa shape index (κ1) is 29.0. The Morgan fingerprint density at radius 3 is 2.48 bits per heavy atom. The molecule has 3 heterocycles. The van der Waals surface area contributed by atoms with Crippen molar-refractivity contribution in [1.82, 2.24) is 25.0 Å². The molecule has 6 rings (SSSR count). The number of anilines is 1. The molecule has 15 heteroatoms. The van der Waals surface area contributed by atoms with Crippen LogP contribution in [0.3, 0.4) is 0 Å². The summed E-state index contributed by atoms with van der Waals surface area (Å²) in [5.41, 5.74) is 0.550. The van der Waals surface area contributed by atoms with Crippen LogP contribution in [0.4, 0.5) is 14.5 Å². The lowest BCUT2D eigenvalue weighted by Crippen LogP contribution is -2.14. The van der Waals surface area contributed by atoms with Gasteiger partial charge < -0.3 is 13.9 Å². The van der Waals surface area contributed by atoms with Crippen LogP contribution in [-0.4, -0.2) is 47.6 Å². The average molecular weight is 639 g/mol. The third-order valence-corrected chi connectivity index (χ3v) is 8.16. The molecule has 44 heavy (non-hydrogen) atoms. The van der Waals surface area contributed by atoms with Crippen LogP contribution in [0.15, 0.2) is 82.2 Å². The van der Waals surface area contributed by atoms with Crippen molar-refractivity contribution in [2.75, 3.05) is 18.9 Å². The summed E-state index contributed by atoms with van der Waals surface area (Å²) >= 11 is 5.89. The molecule has 0 radical (unpaired) electrons.